The van der Waals surface area contributed by atoms with Crippen molar-refractivity contribution in [1.29, 1.82) is 0 Å². The number of rotatable bonds is 6. The van der Waals surface area contributed by atoms with Crippen LogP contribution in [0.2, 0.25) is 0 Å². The van der Waals surface area contributed by atoms with Crippen LogP contribution in [0.25, 0.3) is 11.1 Å². The summed E-state index contributed by atoms with van der Waals surface area (Å²) in [6.45, 7) is 17.5. The molecular weight excluding hydrogens is 538 g/mol. The van der Waals surface area contributed by atoms with Crippen molar-refractivity contribution in [2.75, 3.05) is 6.61 Å². The first-order chi connectivity index (χ1) is 20.3. The average Bonchev–Trinajstić information content (AvgIpc) is 3.32. The number of hydrogen-bond acceptors (Lipinski definition) is 6. The Balaban J connectivity index is 1.61. The fourth-order valence-electron chi connectivity index (χ4n) is 6.29. The fourth-order valence-corrected chi connectivity index (χ4v) is 6.29. The van der Waals surface area contributed by atoms with Crippen LogP contribution in [0.4, 0.5) is 0 Å². The van der Waals surface area contributed by atoms with Crippen molar-refractivity contribution >= 4 is 25.4 Å². The lowest BCUT2D eigenvalue weighted by Gasteiger charge is -2.37. The zero-order chi connectivity index (χ0) is 30.6. The SMILES string of the molecule is CC1(C)OB(C2=C(c3ccccc3)C(c3ccccc3)=C(B3OC(C)(C)C(C)(C)O3)[C@@H](OC3CCCCO3)C2)OC1(C)C. The molecule has 2 atom stereocenters. The number of ether oxygens (including phenoxy) is 2. The van der Waals surface area contributed by atoms with Crippen LogP contribution in [-0.4, -0.2) is 55.6 Å². The number of allylic oxidation sites excluding steroid dienone is 2. The zero-order valence-corrected chi connectivity index (χ0v) is 27.1. The van der Waals surface area contributed by atoms with Crippen LogP contribution in [0.5, 0.6) is 0 Å². The number of hydrogen-bond donors (Lipinski definition) is 0. The van der Waals surface area contributed by atoms with E-state index in [1.807, 2.05) is 6.07 Å². The largest absolute Gasteiger partial charge is 0.493 e. The minimum absolute atomic E-state index is 0.300. The Morgan fingerprint density at radius 1 is 0.628 bits per heavy atom. The molecule has 2 aromatic carbocycles. The third-order valence-corrected chi connectivity index (χ3v) is 10.2. The van der Waals surface area contributed by atoms with Crippen LogP contribution >= 0.6 is 0 Å². The molecule has 0 saturated carbocycles. The predicted octanol–water partition coefficient (Wildman–Crippen LogP) is 7.47. The van der Waals surface area contributed by atoms with E-state index in [1.165, 1.54) is 0 Å². The molecule has 3 aliphatic heterocycles. The van der Waals surface area contributed by atoms with E-state index in [2.05, 4.69) is 110 Å². The van der Waals surface area contributed by atoms with E-state index in [1.54, 1.807) is 0 Å². The summed E-state index contributed by atoms with van der Waals surface area (Å²) in [6, 6.07) is 21.1. The van der Waals surface area contributed by atoms with Crippen molar-refractivity contribution in [1.82, 2.24) is 0 Å². The van der Waals surface area contributed by atoms with Gasteiger partial charge in [0.05, 0.1) is 28.5 Å². The van der Waals surface area contributed by atoms with Gasteiger partial charge in [0.1, 0.15) is 0 Å². The van der Waals surface area contributed by atoms with Gasteiger partial charge in [0.2, 0.25) is 0 Å². The molecule has 0 aromatic heterocycles. The van der Waals surface area contributed by atoms with Crippen LogP contribution in [0, 0.1) is 0 Å². The first kappa shape index (κ1) is 30.8. The molecule has 3 fully saturated rings. The molecule has 0 spiro atoms. The van der Waals surface area contributed by atoms with E-state index >= 15 is 0 Å². The van der Waals surface area contributed by atoms with Gasteiger partial charge < -0.3 is 28.1 Å². The predicted molar refractivity (Wildman–Crippen MR) is 172 cm³/mol. The van der Waals surface area contributed by atoms with E-state index in [9.17, 15) is 0 Å². The van der Waals surface area contributed by atoms with Crippen molar-refractivity contribution in [3.8, 4) is 0 Å². The molecule has 0 amide bonds. The summed E-state index contributed by atoms with van der Waals surface area (Å²) < 4.78 is 40.2. The second kappa shape index (κ2) is 11.3. The maximum absolute atomic E-state index is 6.94. The highest BCUT2D eigenvalue weighted by molar-refractivity contribution is 6.61. The molecule has 3 heterocycles. The summed E-state index contributed by atoms with van der Waals surface area (Å²) in [5.41, 5.74) is 4.33. The Morgan fingerprint density at radius 3 is 1.60 bits per heavy atom. The average molecular weight is 584 g/mol. The summed E-state index contributed by atoms with van der Waals surface area (Å²) in [7, 11) is -1.15. The fraction of sp³-hybridized carbons (Fsp3) is 0.543. The molecular formula is C35H46B2O6. The molecule has 6 nitrogen and oxygen atoms in total. The number of benzene rings is 2. The van der Waals surface area contributed by atoms with Crippen molar-refractivity contribution in [3.05, 3.63) is 82.7 Å². The van der Waals surface area contributed by atoms with E-state index in [-0.39, 0.29) is 12.4 Å². The Morgan fingerprint density at radius 2 is 1.12 bits per heavy atom. The van der Waals surface area contributed by atoms with Crippen LogP contribution in [0.3, 0.4) is 0 Å². The van der Waals surface area contributed by atoms with Crippen LogP contribution < -0.4 is 0 Å². The molecule has 0 N–H and O–H groups in total. The highest BCUT2D eigenvalue weighted by atomic mass is 16.7. The highest BCUT2D eigenvalue weighted by Gasteiger charge is 2.58. The van der Waals surface area contributed by atoms with Crippen LogP contribution in [-0.2, 0) is 28.1 Å². The van der Waals surface area contributed by atoms with Gasteiger partial charge in [-0.2, -0.15) is 0 Å². The first-order valence-electron chi connectivity index (χ1n) is 15.9. The summed E-state index contributed by atoms with van der Waals surface area (Å²) in [4.78, 5) is 0. The Hall–Kier alpha value is -2.19. The Kier molecular flexibility index (Phi) is 8.11. The van der Waals surface area contributed by atoms with Crippen molar-refractivity contribution in [2.24, 2.45) is 0 Å². The summed E-state index contributed by atoms with van der Waals surface area (Å²) in [6.07, 6.45) is 2.89. The molecule has 0 bridgehead atoms. The van der Waals surface area contributed by atoms with E-state index in [4.69, 9.17) is 28.1 Å². The van der Waals surface area contributed by atoms with E-state index in [0.29, 0.717) is 13.0 Å². The highest BCUT2D eigenvalue weighted by Crippen LogP contribution is 2.51. The van der Waals surface area contributed by atoms with Gasteiger partial charge in [-0.1, -0.05) is 60.7 Å². The van der Waals surface area contributed by atoms with Gasteiger partial charge >= 0.3 is 14.2 Å². The minimum Gasteiger partial charge on any atom is -0.400 e. The van der Waals surface area contributed by atoms with Gasteiger partial charge in [0, 0.05) is 6.61 Å². The molecule has 0 radical (unpaired) electrons. The van der Waals surface area contributed by atoms with Crippen molar-refractivity contribution < 1.29 is 28.1 Å². The topological polar surface area (TPSA) is 55.4 Å². The molecule has 2 aromatic rings. The van der Waals surface area contributed by atoms with Gasteiger partial charge in [-0.3, -0.25) is 0 Å². The normalized spacial score (nSPS) is 28.1. The van der Waals surface area contributed by atoms with Gasteiger partial charge in [-0.05, 0) is 114 Å². The van der Waals surface area contributed by atoms with Gasteiger partial charge in [0.25, 0.3) is 0 Å². The molecule has 8 heteroatoms. The van der Waals surface area contributed by atoms with Gasteiger partial charge in [-0.15, -0.1) is 0 Å². The lowest BCUT2D eigenvalue weighted by Crippen LogP contribution is -2.41. The quantitative estimate of drug-likeness (QED) is 0.329. The second-order valence-electron chi connectivity index (χ2n) is 14.3. The Labute approximate surface area is 258 Å². The first-order valence-corrected chi connectivity index (χ1v) is 15.9. The molecule has 4 aliphatic rings. The smallest absolute Gasteiger partial charge is 0.400 e. The minimum atomic E-state index is -0.604. The molecule has 43 heavy (non-hydrogen) atoms. The second-order valence-corrected chi connectivity index (χ2v) is 14.3. The monoisotopic (exact) mass is 584 g/mol. The molecule has 1 aliphatic carbocycles. The van der Waals surface area contributed by atoms with Crippen molar-refractivity contribution in [3.63, 3.8) is 0 Å². The Bertz CT molecular complexity index is 1340. The maximum Gasteiger partial charge on any atom is 0.493 e. The lowest BCUT2D eigenvalue weighted by atomic mass is 9.58. The molecule has 6 rings (SSSR count). The van der Waals surface area contributed by atoms with Crippen molar-refractivity contribution in [2.45, 2.75) is 116 Å². The van der Waals surface area contributed by atoms with Crippen LogP contribution in [0.1, 0.15) is 92.2 Å². The van der Waals surface area contributed by atoms with Gasteiger partial charge in [-0.25, -0.2) is 0 Å². The maximum atomic E-state index is 6.94. The zero-order valence-electron chi connectivity index (χ0n) is 27.1. The molecule has 3 saturated heterocycles. The third kappa shape index (κ3) is 5.71. The lowest BCUT2D eigenvalue weighted by molar-refractivity contribution is -0.179. The third-order valence-electron chi connectivity index (χ3n) is 10.2. The van der Waals surface area contributed by atoms with E-state index < -0.39 is 36.6 Å². The van der Waals surface area contributed by atoms with Crippen LogP contribution in [0.15, 0.2) is 71.6 Å². The summed E-state index contributed by atoms with van der Waals surface area (Å²) in [5.74, 6) is 0. The summed E-state index contributed by atoms with van der Waals surface area (Å²) >= 11 is 0. The summed E-state index contributed by atoms with van der Waals surface area (Å²) in [5, 5.41) is 0. The van der Waals surface area contributed by atoms with Gasteiger partial charge in [0.15, 0.2) is 6.29 Å². The molecule has 228 valence electrons. The molecule has 1 unspecified atom stereocenters. The standard InChI is InChI=1S/C35H46B2O6/c1-32(2)33(3,4)41-36(40-32)26-23-27(39-28-21-15-16-22-38-28)31(37-42-34(5,6)35(7,8)43-37)30(25-19-13-10-14-20-25)29(26)24-17-11-9-12-18-24/h9-14,17-20,27-28H,15-16,21-23H2,1-8H3/t27-,28?/m0/s1. The van der Waals surface area contributed by atoms with E-state index in [0.717, 1.165) is 52.5 Å².